The Bertz CT molecular complexity index is 785. The third-order valence-electron chi connectivity index (χ3n) is 4.72. The van der Waals surface area contributed by atoms with Gasteiger partial charge in [-0.2, -0.15) is 0 Å². The van der Waals surface area contributed by atoms with Gasteiger partial charge in [-0.25, -0.2) is 0 Å². The van der Waals surface area contributed by atoms with Crippen molar-refractivity contribution in [3.05, 3.63) is 57.6 Å². The largest absolute Gasteiger partial charge is 0.336 e. The van der Waals surface area contributed by atoms with Crippen LogP contribution in [-0.4, -0.2) is 51.9 Å². The molecule has 1 aromatic heterocycles. The van der Waals surface area contributed by atoms with Crippen LogP contribution in [0.1, 0.15) is 33.1 Å². The number of benzene rings is 1. The zero-order chi connectivity index (χ0) is 18.0. The fourth-order valence-corrected chi connectivity index (χ4v) is 3.25. The zero-order valence-electron chi connectivity index (χ0n) is 14.9. The first-order chi connectivity index (χ1) is 12.0. The van der Waals surface area contributed by atoms with Crippen molar-refractivity contribution in [3.8, 4) is 0 Å². The monoisotopic (exact) mass is 358 g/mol. The fraction of sp³-hybridized carbons (Fsp3) is 0.421. The summed E-state index contributed by atoms with van der Waals surface area (Å²) in [6.45, 7) is 9.79. The van der Waals surface area contributed by atoms with Crippen LogP contribution in [0, 0.1) is 20.8 Å². The number of carbonyl (C=O) groups excluding carboxylic acids is 1. The summed E-state index contributed by atoms with van der Waals surface area (Å²) < 4.78 is 0. The van der Waals surface area contributed by atoms with E-state index < -0.39 is 0 Å². The lowest BCUT2D eigenvalue weighted by atomic mass is 10.1. The maximum Gasteiger partial charge on any atom is 0.255 e. The number of halogens is 1. The Hall–Kier alpha value is -1.98. The first-order valence-corrected chi connectivity index (χ1v) is 8.90. The highest BCUT2D eigenvalue weighted by Crippen LogP contribution is 2.19. The van der Waals surface area contributed by atoms with Crippen LogP contribution in [0.25, 0.3) is 0 Å². The molecule has 0 saturated carbocycles. The molecule has 0 spiro atoms. The van der Waals surface area contributed by atoms with Crippen LogP contribution in [0.5, 0.6) is 0 Å². The van der Waals surface area contributed by atoms with Crippen molar-refractivity contribution in [3.63, 3.8) is 0 Å². The van der Waals surface area contributed by atoms with E-state index in [4.69, 9.17) is 11.6 Å². The van der Waals surface area contributed by atoms with E-state index in [9.17, 15) is 4.79 Å². The number of amides is 1. The third-order valence-corrected chi connectivity index (χ3v) is 5.05. The fourth-order valence-electron chi connectivity index (χ4n) is 3.04. The topological polar surface area (TPSA) is 49.3 Å². The van der Waals surface area contributed by atoms with E-state index in [-0.39, 0.29) is 5.91 Å². The van der Waals surface area contributed by atoms with Gasteiger partial charge >= 0.3 is 0 Å². The summed E-state index contributed by atoms with van der Waals surface area (Å²) in [4.78, 5) is 26.1. The second-order valence-corrected chi connectivity index (χ2v) is 6.88. The van der Waals surface area contributed by atoms with Crippen molar-refractivity contribution in [1.29, 1.82) is 0 Å². The van der Waals surface area contributed by atoms with Crippen LogP contribution in [0.2, 0.25) is 5.02 Å². The van der Waals surface area contributed by atoms with E-state index in [1.54, 1.807) is 12.1 Å². The number of rotatable bonds is 3. The van der Waals surface area contributed by atoms with Crippen LogP contribution >= 0.6 is 11.6 Å². The highest BCUT2D eigenvalue weighted by molar-refractivity contribution is 6.33. The Balaban J connectivity index is 1.62. The molecule has 1 aliphatic heterocycles. The molecule has 0 radical (unpaired) electrons. The quantitative estimate of drug-likeness (QED) is 0.846. The van der Waals surface area contributed by atoms with Gasteiger partial charge in [0, 0.05) is 32.7 Å². The molecule has 0 aliphatic carbocycles. The van der Waals surface area contributed by atoms with Gasteiger partial charge in [-0.3, -0.25) is 19.7 Å². The standard InChI is InChI=1S/C19H23ClN4O/c1-13-14(2)22-18(15(3)21-13)12-23-8-10-24(11-9-23)19(25)16-6-4-5-7-17(16)20/h4-7H,8-12H2,1-3H3. The van der Waals surface area contributed by atoms with E-state index in [0.717, 1.165) is 42.4 Å². The SMILES string of the molecule is Cc1nc(C)c(CN2CCN(C(=O)c3ccccc3Cl)CC2)nc1C. The van der Waals surface area contributed by atoms with Crippen LogP contribution in [0.3, 0.4) is 0 Å². The molecule has 5 nitrogen and oxygen atoms in total. The van der Waals surface area contributed by atoms with Gasteiger partial charge in [-0.15, -0.1) is 0 Å². The number of carbonyl (C=O) groups is 1. The van der Waals surface area contributed by atoms with E-state index in [0.29, 0.717) is 23.7 Å². The Labute approximate surface area is 153 Å². The number of hydrogen-bond acceptors (Lipinski definition) is 4. The molecule has 25 heavy (non-hydrogen) atoms. The molecule has 1 aromatic carbocycles. The molecule has 1 amide bonds. The summed E-state index contributed by atoms with van der Waals surface area (Å²) in [6, 6.07) is 7.22. The number of aromatic nitrogens is 2. The van der Waals surface area contributed by atoms with Crippen molar-refractivity contribution in [1.82, 2.24) is 19.8 Å². The smallest absolute Gasteiger partial charge is 0.255 e. The normalized spacial score (nSPS) is 15.4. The maximum absolute atomic E-state index is 12.6. The molecule has 3 rings (SSSR count). The predicted octanol–water partition coefficient (Wildman–Crippen LogP) is 3.01. The Morgan fingerprint density at radius 2 is 1.64 bits per heavy atom. The molecular weight excluding hydrogens is 336 g/mol. The van der Waals surface area contributed by atoms with Crippen molar-refractivity contribution in [2.75, 3.05) is 26.2 Å². The molecule has 1 saturated heterocycles. The van der Waals surface area contributed by atoms with Crippen molar-refractivity contribution < 1.29 is 4.79 Å². The minimum absolute atomic E-state index is 0.00685. The maximum atomic E-state index is 12.6. The zero-order valence-corrected chi connectivity index (χ0v) is 15.7. The molecular formula is C19H23ClN4O. The van der Waals surface area contributed by atoms with Gasteiger partial charge in [-0.05, 0) is 32.9 Å². The molecule has 1 fully saturated rings. The first-order valence-electron chi connectivity index (χ1n) is 8.52. The molecule has 6 heteroatoms. The molecule has 0 unspecified atom stereocenters. The summed E-state index contributed by atoms with van der Waals surface area (Å²) in [6.07, 6.45) is 0. The Morgan fingerprint density at radius 3 is 2.32 bits per heavy atom. The van der Waals surface area contributed by atoms with Gasteiger partial charge in [0.2, 0.25) is 0 Å². The van der Waals surface area contributed by atoms with Crippen LogP contribution in [-0.2, 0) is 6.54 Å². The predicted molar refractivity (Wildman–Crippen MR) is 98.9 cm³/mol. The average Bonchev–Trinajstić information content (AvgIpc) is 2.60. The summed E-state index contributed by atoms with van der Waals surface area (Å²) >= 11 is 6.15. The summed E-state index contributed by atoms with van der Waals surface area (Å²) in [7, 11) is 0. The van der Waals surface area contributed by atoms with E-state index in [1.807, 2.05) is 37.8 Å². The van der Waals surface area contributed by atoms with E-state index in [2.05, 4.69) is 14.9 Å². The second-order valence-electron chi connectivity index (χ2n) is 6.47. The number of piperazine rings is 1. The van der Waals surface area contributed by atoms with Gasteiger partial charge in [0.05, 0.1) is 33.4 Å². The number of hydrogen-bond donors (Lipinski definition) is 0. The van der Waals surface area contributed by atoms with Gasteiger partial charge in [0.1, 0.15) is 0 Å². The molecule has 0 atom stereocenters. The lowest BCUT2D eigenvalue weighted by molar-refractivity contribution is 0.0626. The minimum atomic E-state index is 0.00685. The van der Waals surface area contributed by atoms with Crippen LogP contribution < -0.4 is 0 Å². The van der Waals surface area contributed by atoms with Gasteiger partial charge in [0.25, 0.3) is 5.91 Å². The van der Waals surface area contributed by atoms with Crippen molar-refractivity contribution >= 4 is 17.5 Å². The highest BCUT2D eigenvalue weighted by atomic mass is 35.5. The van der Waals surface area contributed by atoms with Crippen LogP contribution in [0.4, 0.5) is 0 Å². The second kappa shape index (κ2) is 7.50. The van der Waals surface area contributed by atoms with Gasteiger partial charge < -0.3 is 4.90 Å². The molecule has 132 valence electrons. The Morgan fingerprint density at radius 1 is 1.00 bits per heavy atom. The lowest BCUT2D eigenvalue weighted by Gasteiger charge is -2.34. The summed E-state index contributed by atoms with van der Waals surface area (Å²) in [5.74, 6) is 0.00685. The van der Waals surface area contributed by atoms with Gasteiger partial charge in [-0.1, -0.05) is 23.7 Å². The molecule has 2 aromatic rings. The first kappa shape index (κ1) is 17.8. The van der Waals surface area contributed by atoms with Crippen molar-refractivity contribution in [2.45, 2.75) is 27.3 Å². The summed E-state index contributed by atoms with van der Waals surface area (Å²) in [5, 5.41) is 0.510. The van der Waals surface area contributed by atoms with Crippen LogP contribution in [0.15, 0.2) is 24.3 Å². The molecule has 2 heterocycles. The molecule has 0 N–H and O–H groups in total. The number of aryl methyl sites for hydroxylation is 3. The van der Waals surface area contributed by atoms with Gasteiger partial charge in [0.15, 0.2) is 0 Å². The minimum Gasteiger partial charge on any atom is -0.336 e. The average molecular weight is 359 g/mol. The third kappa shape index (κ3) is 3.99. The molecule has 0 bridgehead atoms. The van der Waals surface area contributed by atoms with E-state index >= 15 is 0 Å². The highest BCUT2D eigenvalue weighted by Gasteiger charge is 2.24. The lowest BCUT2D eigenvalue weighted by Crippen LogP contribution is -2.48. The van der Waals surface area contributed by atoms with Crippen molar-refractivity contribution in [2.24, 2.45) is 0 Å². The summed E-state index contributed by atoms with van der Waals surface area (Å²) in [5.41, 5.74) is 4.55. The number of nitrogens with zero attached hydrogens (tertiary/aromatic N) is 4. The van der Waals surface area contributed by atoms with E-state index in [1.165, 1.54) is 0 Å². The molecule has 1 aliphatic rings. The Kier molecular flexibility index (Phi) is 5.35.